The van der Waals surface area contributed by atoms with Crippen molar-refractivity contribution in [3.05, 3.63) is 65.7 Å². The van der Waals surface area contributed by atoms with Gasteiger partial charge >= 0.3 is 0 Å². The van der Waals surface area contributed by atoms with E-state index in [-0.39, 0.29) is 5.91 Å². The Balaban J connectivity index is 1.60. The molecule has 1 aromatic heterocycles. The largest absolute Gasteiger partial charge is 0.481 e. The number of anilines is 1. The summed E-state index contributed by atoms with van der Waals surface area (Å²) in [6.45, 7) is 7.99. The van der Waals surface area contributed by atoms with E-state index in [1.807, 2.05) is 55.5 Å². The number of aromatic nitrogens is 1. The Hall–Kier alpha value is -3.08. The Morgan fingerprint density at radius 1 is 1.04 bits per heavy atom. The maximum absolute atomic E-state index is 12.4. The first-order valence-electron chi connectivity index (χ1n) is 9.03. The highest BCUT2D eigenvalue weighted by molar-refractivity contribution is 5.93. The minimum atomic E-state index is -0.664. The Morgan fingerprint density at radius 3 is 2.33 bits per heavy atom. The van der Waals surface area contributed by atoms with Crippen LogP contribution in [0.15, 0.2) is 59.1 Å². The molecule has 0 bridgehead atoms. The number of nitrogens with zero attached hydrogens (tertiary/aromatic N) is 1. The van der Waals surface area contributed by atoms with E-state index in [2.05, 4.69) is 24.3 Å². The van der Waals surface area contributed by atoms with E-state index in [9.17, 15) is 4.79 Å². The number of hydrogen-bond donors (Lipinski definition) is 1. The molecule has 5 heteroatoms. The molecule has 5 nitrogen and oxygen atoms in total. The number of amides is 1. The Bertz CT molecular complexity index is 896. The number of carbonyl (C=O) groups excluding carboxylic acids is 1. The van der Waals surface area contributed by atoms with Gasteiger partial charge < -0.3 is 9.26 Å². The van der Waals surface area contributed by atoms with Gasteiger partial charge in [-0.3, -0.25) is 10.1 Å². The van der Waals surface area contributed by atoms with Gasteiger partial charge in [-0.1, -0.05) is 61.0 Å². The average molecular weight is 364 g/mol. The van der Waals surface area contributed by atoms with Crippen molar-refractivity contribution in [2.75, 3.05) is 5.32 Å². The van der Waals surface area contributed by atoms with Crippen molar-refractivity contribution in [3.63, 3.8) is 0 Å². The number of rotatable bonds is 6. The van der Waals surface area contributed by atoms with E-state index < -0.39 is 6.10 Å². The maximum Gasteiger partial charge on any atom is 0.267 e. The highest BCUT2D eigenvalue weighted by Crippen LogP contribution is 2.23. The van der Waals surface area contributed by atoms with Crippen molar-refractivity contribution in [1.82, 2.24) is 5.16 Å². The molecule has 0 aliphatic heterocycles. The molecule has 3 rings (SSSR count). The summed E-state index contributed by atoms with van der Waals surface area (Å²) in [7, 11) is 0. The van der Waals surface area contributed by atoms with Crippen LogP contribution in [0.1, 0.15) is 37.8 Å². The number of benzene rings is 2. The van der Waals surface area contributed by atoms with Gasteiger partial charge in [0.25, 0.3) is 5.91 Å². The molecule has 0 radical (unpaired) electrons. The lowest BCUT2D eigenvalue weighted by Gasteiger charge is -2.14. The van der Waals surface area contributed by atoms with Crippen LogP contribution < -0.4 is 10.1 Å². The van der Waals surface area contributed by atoms with Gasteiger partial charge in [-0.2, -0.15) is 0 Å². The van der Waals surface area contributed by atoms with E-state index in [0.29, 0.717) is 23.2 Å². The molecular weight excluding hydrogens is 340 g/mol. The summed E-state index contributed by atoms with van der Waals surface area (Å²) in [4.78, 5) is 12.4. The van der Waals surface area contributed by atoms with E-state index in [1.165, 1.54) is 11.1 Å². The molecule has 0 saturated heterocycles. The SMILES string of the molecule is Cc1ccc(-c2cc(NC(=O)[C@@H](C)Oc3ccc(C(C)C)cc3)on2)cc1. The number of hydrogen-bond acceptors (Lipinski definition) is 4. The summed E-state index contributed by atoms with van der Waals surface area (Å²) in [6, 6.07) is 17.4. The van der Waals surface area contributed by atoms with Crippen LogP contribution in [-0.4, -0.2) is 17.2 Å². The first-order valence-corrected chi connectivity index (χ1v) is 9.03. The molecule has 0 aliphatic carbocycles. The average Bonchev–Trinajstić information content (AvgIpc) is 3.11. The molecule has 0 aliphatic rings. The smallest absolute Gasteiger partial charge is 0.267 e. The summed E-state index contributed by atoms with van der Waals surface area (Å²) in [5.74, 6) is 1.10. The molecular formula is C22H24N2O3. The second kappa shape index (κ2) is 8.08. The predicted molar refractivity (Wildman–Crippen MR) is 106 cm³/mol. The zero-order valence-electron chi connectivity index (χ0n) is 16.0. The number of aryl methyl sites for hydroxylation is 1. The molecule has 27 heavy (non-hydrogen) atoms. The van der Waals surface area contributed by atoms with Gasteiger partial charge in [0.05, 0.1) is 0 Å². The molecule has 1 N–H and O–H groups in total. The highest BCUT2D eigenvalue weighted by atomic mass is 16.5. The van der Waals surface area contributed by atoms with E-state index in [0.717, 1.165) is 5.56 Å². The van der Waals surface area contributed by atoms with Crippen molar-refractivity contribution >= 4 is 11.8 Å². The third-order valence-corrected chi connectivity index (χ3v) is 4.33. The van der Waals surface area contributed by atoms with Gasteiger partial charge in [-0.25, -0.2) is 0 Å². The van der Waals surface area contributed by atoms with Gasteiger partial charge in [0, 0.05) is 11.6 Å². The summed E-state index contributed by atoms with van der Waals surface area (Å²) >= 11 is 0. The van der Waals surface area contributed by atoms with Gasteiger partial charge in [0.15, 0.2) is 6.10 Å². The standard InChI is InChI=1S/C22H24N2O3/c1-14(2)17-9-11-19(12-10-17)26-16(4)22(25)23-21-13-20(24-27-21)18-7-5-15(3)6-8-18/h5-14,16H,1-4H3,(H,23,25)/t16-/m1/s1. The minimum Gasteiger partial charge on any atom is -0.481 e. The van der Waals surface area contributed by atoms with Crippen LogP contribution in [0, 0.1) is 6.92 Å². The molecule has 0 saturated carbocycles. The monoisotopic (exact) mass is 364 g/mol. The summed E-state index contributed by atoms with van der Waals surface area (Å²) in [5.41, 5.74) is 4.00. The summed E-state index contributed by atoms with van der Waals surface area (Å²) in [5, 5.41) is 6.71. The lowest BCUT2D eigenvalue weighted by atomic mass is 10.0. The number of carbonyl (C=O) groups is 1. The van der Waals surface area contributed by atoms with E-state index in [1.54, 1.807) is 13.0 Å². The van der Waals surface area contributed by atoms with E-state index in [4.69, 9.17) is 9.26 Å². The van der Waals surface area contributed by atoms with Crippen LogP contribution in [-0.2, 0) is 4.79 Å². The lowest BCUT2D eigenvalue weighted by molar-refractivity contribution is -0.122. The van der Waals surface area contributed by atoms with Crippen molar-refractivity contribution in [2.45, 2.75) is 39.7 Å². The molecule has 0 fully saturated rings. The van der Waals surface area contributed by atoms with Crippen LogP contribution in [0.4, 0.5) is 5.88 Å². The van der Waals surface area contributed by atoms with Crippen LogP contribution in [0.5, 0.6) is 5.75 Å². The third-order valence-electron chi connectivity index (χ3n) is 4.33. The normalized spacial score (nSPS) is 12.0. The fourth-order valence-corrected chi connectivity index (χ4v) is 2.61. The van der Waals surface area contributed by atoms with Crippen molar-refractivity contribution in [2.24, 2.45) is 0 Å². The van der Waals surface area contributed by atoms with Crippen LogP contribution in [0.25, 0.3) is 11.3 Å². The Morgan fingerprint density at radius 2 is 1.70 bits per heavy atom. The lowest BCUT2D eigenvalue weighted by Crippen LogP contribution is -2.29. The zero-order chi connectivity index (χ0) is 19.4. The van der Waals surface area contributed by atoms with E-state index >= 15 is 0 Å². The molecule has 2 aromatic carbocycles. The Labute approximate surface area is 159 Å². The van der Waals surface area contributed by atoms with Crippen LogP contribution in [0.2, 0.25) is 0 Å². The first-order chi connectivity index (χ1) is 12.9. The van der Waals surface area contributed by atoms with Crippen LogP contribution >= 0.6 is 0 Å². The number of ether oxygens (including phenoxy) is 1. The highest BCUT2D eigenvalue weighted by Gasteiger charge is 2.17. The quantitative estimate of drug-likeness (QED) is 0.654. The third kappa shape index (κ3) is 4.76. The summed E-state index contributed by atoms with van der Waals surface area (Å²) in [6.07, 6.45) is -0.664. The molecule has 3 aromatic rings. The van der Waals surface area contributed by atoms with Gasteiger partial charge in [0.2, 0.25) is 5.88 Å². The van der Waals surface area contributed by atoms with Gasteiger partial charge in [-0.05, 0) is 37.5 Å². The van der Waals surface area contributed by atoms with Crippen molar-refractivity contribution < 1.29 is 14.1 Å². The van der Waals surface area contributed by atoms with Gasteiger partial charge in [-0.15, -0.1) is 0 Å². The van der Waals surface area contributed by atoms with Crippen LogP contribution in [0.3, 0.4) is 0 Å². The fourth-order valence-electron chi connectivity index (χ4n) is 2.61. The second-order valence-corrected chi connectivity index (χ2v) is 6.92. The van der Waals surface area contributed by atoms with Crippen molar-refractivity contribution in [3.8, 4) is 17.0 Å². The predicted octanol–water partition coefficient (Wildman–Crippen LogP) is 5.18. The molecule has 140 valence electrons. The van der Waals surface area contributed by atoms with Crippen molar-refractivity contribution in [1.29, 1.82) is 0 Å². The van der Waals surface area contributed by atoms with Gasteiger partial charge in [0.1, 0.15) is 11.4 Å². The second-order valence-electron chi connectivity index (χ2n) is 6.92. The molecule has 1 amide bonds. The summed E-state index contributed by atoms with van der Waals surface area (Å²) < 4.78 is 10.9. The fraction of sp³-hybridized carbons (Fsp3) is 0.273. The maximum atomic E-state index is 12.4. The first kappa shape index (κ1) is 18.7. The molecule has 0 spiro atoms. The molecule has 0 unspecified atom stereocenters. The number of nitrogens with one attached hydrogen (secondary N) is 1. The Kier molecular flexibility index (Phi) is 5.60. The zero-order valence-corrected chi connectivity index (χ0v) is 16.0. The molecule has 1 atom stereocenters. The molecule has 1 heterocycles. The topological polar surface area (TPSA) is 64.4 Å². The minimum absolute atomic E-state index is 0.293.